The number of hydrogen-bond acceptors (Lipinski definition) is 9. The van der Waals surface area contributed by atoms with Crippen molar-refractivity contribution in [2.24, 2.45) is 0 Å². The first-order valence-electron chi connectivity index (χ1n) is 17.9. The molecule has 4 aromatic carbocycles. The van der Waals surface area contributed by atoms with E-state index in [-0.39, 0.29) is 64.8 Å². The first-order chi connectivity index (χ1) is 24.8. The van der Waals surface area contributed by atoms with Gasteiger partial charge in [0.05, 0.1) is 9.79 Å². The van der Waals surface area contributed by atoms with E-state index in [1.54, 1.807) is 24.3 Å². The van der Waals surface area contributed by atoms with Gasteiger partial charge in [-0.1, -0.05) is 102 Å². The second-order valence-corrected chi connectivity index (χ2v) is 15.5. The first kappa shape index (κ1) is 46.3. The fraction of sp³-hybridized carbons (Fsp3) is 0.400. The second kappa shape index (κ2) is 23.8. The molecular weight excluding hydrogens is 745 g/mol. The molecule has 13 heteroatoms. The molecule has 0 fully saturated rings. The van der Waals surface area contributed by atoms with Crippen LogP contribution in [-0.2, 0) is 33.1 Å². The van der Waals surface area contributed by atoms with Crippen molar-refractivity contribution >= 4 is 58.0 Å². The van der Waals surface area contributed by atoms with Crippen molar-refractivity contribution in [2.75, 3.05) is 0 Å². The quantitative estimate of drug-likeness (QED) is 0.0499. The van der Waals surface area contributed by atoms with Crippen LogP contribution in [0.5, 0.6) is 34.5 Å². The van der Waals surface area contributed by atoms with E-state index in [4.69, 9.17) is 14.0 Å². The molecule has 2 N–H and O–H groups in total. The van der Waals surface area contributed by atoms with E-state index in [2.05, 4.69) is 13.8 Å². The van der Waals surface area contributed by atoms with Gasteiger partial charge in [0.25, 0.3) is 10.1 Å². The van der Waals surface area contributed by atoms with E-state index in [1.807, 2.05) is 12.1 Å². The summed E-state index contributed by atoms with van der Waals surface area (Å²) in [5, 5.41) is 22.3. The molecule has 0 saturated carbocycles. The zero-order chi connectivity index (χ0) is 38.0. The smallest absolute Gasteiger partial charge is 0.870 e. The largest absolute Gasteiger partial charge is 2.00 e. The summed E-state index contributed by atoms with van der Waals surface area (Å²) in [5.41, 5.74) is 2.05. The Labute approximate surface area is 345 Å². The van der Waals surface area contributed by atoms with E-state index in [9.17, 15) is 31.6 Å². The molecule has 53 heavy (non-hydrogen) atoms. The van der Waals surface area contributed by atoms with Crippen LogP contribution in [0, 0.1) is 0 Å². The molecule has 0 aromatic heterocycles. The molecule has 0 radical (unpaired) electrons. The Morgan fingerprint density at radius 2 is 0.981 bits per heavy atom. The van der Waals surface area contributed by atoms with Crippen molar-refractivity contribution in [3.05, 3.63) is 96.1 Å². The van der Waals surface area contributed by atoms with Crippen LogP contribution >= 0.6 is 0 Å². The third-order valence-electron chi connectivity index (χ3n) is 8.36. The van der Waals surface area contributed by atoms with Gasteiger partial charge < -0.3 is 24.2 Å². The van der Waals surface area contributed by atoms with E-state index in [0.29, 0.717) is 17.2 Å². The summed E-state index contributed by atoms with van der Waals surface area (Å²) < 4.78 is 74.8. The monoisotopic (exact) mass is 794 g/mol. The number of aromatic hydroxyl groups is 1. The fourth-order valence-corrected chi connectivity index (χ4v) is 6.37. The summed E-state index contributed by atoms with van der Waals surface area (Å²) in [4.78, 5) is -0.537. The molecule has 4 rings (SSSR count). The van der Waals surface area contributed by atoms with Gasteiger partial charge >= 0.3 is 37.7 Å². The Hall–Kier alpha value is -2.84. The Morgan fingerprint density at radius 1 is 0.566 bits per heavy atom. The average molecular weight is 795 g/mol. The van der Waals surface area contributed by atoms with Crippen molar-refractivity contribution in [3.8, 4) is 34.5 Å². The number of phenols is 1. The summed E-state index contributed by atoms with van der Waals surface area (Å²) >= 11 is 0. The normalized spacial score (nSPS) is 11.2. The molecule has 0 unspecified atom stereocenters. The molecule has 0 heterocycles. The first-order valence-corrected chi connectivity index (χ1v) is 20.8. The number of phenolic OH excluding ortho intramolecular Hbond substituents is 1. The summed E-state index contributed by atoms with van der Waals surface area (Å²) in [6.45, 7) is 4.40. The van der Waals surface area contributed by atoms with Gasteiger partial charge in [-0.05, 0) is 104 Å². The summed E-state index contributed by atoms with van der Waals surface area (Å²) in [6.07, 6.45) is 16.4. The van der Waals surface area contributed by atoms with Gasteiger partial charge in [0.2, 0.25) is 0 Å². The molecule has 0 saturated heterocycles. The van der Waals surface area contributed by atoms with Gasteiger partial charge in [0.15, 0.2) is 11.5 Å². The molecule has 0 aliphatic carbocycles. The number of ether oxygens (including phenoxy) is 2. The molecular formula is C40H50CaO10S2. The maximum Gasteiger partial charge on any atom is 2.00 e. The van der Waals surface area contributed by atoms with Crippen molar-refractivity contribution in [1.29, 1.82) is 0 Å². The minimum atomic E-state index is -4.49. The number of unbranched alkanes of at least 4 members (excludes halogenated alkanes) is 10. The molecule has 10 nitrogen and oxygen atoms in total. The summed E-state index contributed by atoms with van der Waals surface area (Å²) in [5.74, 6) is 0.988. The zero-order valence-electron chi connectivity index (χ0n) is 30.7. The van der Waals surface area contributed by atoms with Crippen LogP contribution < -0.4 is 14.6 Å². The molecule has 0 aliphatic rings. The van der Waals surface area contributed by atoms with Crippen molar-refractivity contribution < 1.29 is 45.6 Å². The van der Waals surface area contributed by atoms with E-state index in [0.717, 1.165) is 48.9 Å². The molecule has 0 amide bonds. The number of benzene rings is 4. The minimum Gasteiger partial charge on any atom is -0.870 e. The molecule has 0 aliphatic heterocycles. The molecule has 0 spiro atoms. The topological polar surface area (TPSA) is 173 Å². The van der Waals surface area contributed by atoms with Crippen LogP contribution in [0.15, 0.2) is 94.7 Å². The third-order valence-corrected chi connectivity index (χ3v) is 10.1. The number of hydrogen-bond donors (Lipinski definition) is 2. The number of rotatable bonds is 20. The van der Waals surface area contributed by atoms with E-state index < -0.39 is 20.2 Å². The van der Waals surface area contributed by atoms with Crippen molar-refractivity contribution in [1.82, 2.24) is 0 Å². The van der Waals surface area contributed by atoms with Crippen LogP contribution in [0.1, 0.15) is 102 Å². The number of aryl methyl sites for hydroxylation is 2. The standard InChI is InChI=1S/2C20H26O5S.Ca/c2*1-2-3-4-5-6-7-8-16-9-14-20(19(21)15-16)25-17-10-12-18(13-11-17)26(22,23)24;/h2*9-15,21H,2-8H2,1H3,(H,22,23,24);/q;;+2/p-2. The van der Waals surface area contributed by atoms with Gasteiger partial charge in [-0.15, -0.1) is 0 Å². The Morgan fingerprint density at radius 3 is 1.42 bits per heavy atom. The van der Waals surface area contributed by atoms with Crippen LogP contribution in [0.4, 0.5) is 0 Å². The zero-order valence-corrected chi connectivity index (χ0v) is 34.5. The predicted molar refractivity (Wildman–Crippen MR) is 205 cm³/mol. The van der Waals surface area contributed by atoms with Crippen LogP contribution in [0.25, 0.3) is 0 Å². The van der Waals surface area contributed by atoms with Gasteiger partial charge in [0, 0.05) is 0 Å². The molecule has 4 aromatic rings. The SMILES string of the molecule is CCCCCCCCc1ccc(Oc2ccc(S(=O)(=O)O)cc2)c(O)c1.CCCCCCCCc1ccc(Oc2ccc(S(=O)(=O)[O-])cc2)c([O-])c1.[Ca+2]. The molecule has 0 atom stereocenters. The minimum absolute atomic E-state index is 0. The summed E-state index contributed by atoms with van der Waals surface area (Å²) in [7, 11) is -8.72. The Kier molecular flexibility index (Phi) is 20.8. The third kappa shape index (κ3) is 17.4. The Balaban J connectivity index is 0.000000360. The maximum absolute atomic E-state index is 12.2. The van der Waals surface area contributed by atoms with Crippen LogP contribution in [0.2, 0.25) is 0 Å². The van der Waals surface area contributed by atoms with Gasteiger partial charge in [-0.2, -0.15) is 8.42 Å². The van der Waals surface area contributed by atoms with E-state index >= 15 is 0 Å². The average Bonchev–Trinajstić information content (AvgIpc) is 3.10. The van der Waals surface area contributed by atoms with Crippen molar-refractivity contribution in [2.45, 2.75) is 114 Å². The van der Waals surface area contributed by atoms with Crippen molar-refractivity contribution in [3.63, 3.8) is 0 Å². The second-order valence-electron chi connectivity index (χ2n) is 12.7. The predicted octanol–water partition coefficient (Wildman–Crippen LogP) is 9.31. The molecule has 0 bridgehead atoms. The molecule has 284 valence electrons. The Bertz CT molecular complexity index is 1740. The van der Waals surface area contributed by atoms with Gasteiger partial charge in [-0.3, -0.25) is 4.55 Å². The van der Waals surface area contributed by atoms with Gasteiger partial charge in [-0.25, -0.2) is 8.42 Å². The van der Waals surface area contributed by atoms with Gasteiger partial charge in [0.1, 0.15) is 27.4 Å². The fourth-order valence-electron chi connectivity index (χ4n) is 5.42. The van der Waals surface area contributed by atoms with E-state index in [1.165, 1.54) is 101 Å². The van der Waals surface area contributed by atoms with Crippen LogP contribution in [0.3, 0.4) is 0 Å². The maximum atomic E-state index is 12.2. The van der Waals surface area contributed by atoms with Crippen LogP contribution in [-0.4, -0.2) is 68.8 Å². The summed E-state index contributed by atoms with van der Waals surface area (Å²) in [6, 6.07) is 20.8.